The van der Waals surface area contributed by atoms with Crippen LogP contribution in [0.2, 0.25) is 0 Å². The normalized spacial score (nSPS) is 29.1. The molecule has 0 radical (unpaired) electrons. The minimum absolute atomic E-state index is 0.332. The van der Waals surface area contributed by atoms with Gasteiger partial charge in [0, 0.05) is 12.5 Å². The Bertz CT molecular complexity index is 444. The minimum atomic E-state index is -0.416. The maximum Gasteiger partial charge on any atom is 0.532 e. The van der Waals surface area contributed by atoms with Gasteiger partial charge >= 0.3 is 7.12 Å². The Morgan fingerprint density at radius 1 is 1.16 bits per heavy atom. The molecule has 0 bridgehead atoms. The molecule has 2 fully saturated rings. The summed E-state index contributed by atoms with van der Waals surface area (Å²) in [5.74, 6) is 0.444. The largest absolute Gasteiger partial charge is 0.532 e. The molecule has 1 atom stereocenters. The van der Waals surface area contributed by atoms with E-state index in [-0.39, 0.29) is 11.2 Å². The quantitative estimate of drug-likeness (QED) is 0.767. The van der Waals surface area contributed by atoms with Gasteiger partial charge in [-0.05, 0) is 45.7 Å². The highest BCUT2D eigenvalue weighted by atomic mass is 16.7. The molecule has 4 nitrogen and oxygen atoms in total. The van der Waals surface area contributed by atoms with Crippen molar-refractivity contribution in [2.24, 2.45) is 0 Å². The lowest BCUT2D eigenvalue weighted by Crippen LogP contribution is -2.41. The first kappa shape index (κ1) is 13.2. The summed E-state index contributed by atoms with van der Waals surface area (Å²) < 4.78 is 23.0. The average Bonchev–Trinajstić information content (AvgIpc) is 3.00. The van der Waals surface area contributed by atoms with E-state index in [2.05, 4.69) is 0 Å². The molecule has 3 heterocycles. The molecule has 0 amide bonds. The topological polar surface area (TPSA) is 40.8 Å². The van der Waals surface area contributed by atoms with E-state index < -0.39 is 7.12 Å². The first-order chi connectivity index (χ1) is 8.89. The first-order valence-electron chi connectivity index (χ1n) is 6.91. The van der Waals surface area contributed by atoms with Crippen molar-refractivity contribution >= 4 is 12.8 Å². The molecule has 19 heavy (non-hydrogen) atoms. The second kappa shape index (κ2) is 4.37. The number of rotatable bonds is 2. The van der Waals surface area contributed by atoms with Gasteiger partial charge < -0.3 is 18.5 Å². The molecule has 0 N–H and O–H groups in total. The summed E-state index contributed by atoms with van der Waals surface area (Å²) >= 11 is 0. The first-order valence-corrected chi connectivity index (χ1v) is 6.91. The van der Waals surface area contributed by atoms with Gasteiger partial charge in [-0.3, -0.25) is 0 Å². The Balaban J connectivity index is 1.77. The predicted molar refractivity (Wildman–Crippen MR) is 72.6 cm³/mol. The van der Waals surface area contributed by atoms with Gasteiger partial charge in [-0.1, -0.05) is 0 Å². The fourth-order valence-corrected chi connectivity index (χ4v) is 2.46. The van der Waals surface area contributed by atoms with Crippen LogP contribution in [0, 0.1) is 0 Å². The Kier molecular flexibility index (Phi) is 3.04. The van der Waals surface area contributed by atoms with Gasteiger partial charge in [0.2, 0.25) is 0 Å². The van der Waals surface area contributed by atoms with Crippen molar-refractivity contribution in [1.29, 1.82) is 0 Å². The Morgan fingerprint density at radius 3 is 2.42 bits per heavy atom. The minimum Gasteiger partial charge on any atom is -0.473 e. The van der Waals surface area contributed by atoms with Crippen LogP contribution in [0.5, 0.6) is 0 Å². The van der Waals surface area contributed by atoms with Crippen molar-refractivity contribution in [1.82, 2.24) is 0 Å². The van der Waals surface area contributed by atoms with Crippen LogP contribution in [0.15, 0.2) is 16.7 Å². The highest BCUT2D eigenvalue weighted by molar-refractivity contribution is 6.60. The molecule has 3 rings (SSSR count). The zero-order valence-electron chi connectivity index (χ0n) is 12.1. The lowest BCUT2D eigenvalue weighted by Gasteiger charge is -2.32. The molecule has 0 aromatic carbocycles. The molecular formula is C14H21BO4. The van der Waals surface area contributed by atoms with Gasteiger partial charge in [-0.15, -0.1) is 0 Å². The van der Waals surface area contributed by atoms with Gasteiger partial charge in [0.1, 0.15) is 5.66 Å². The zero-order valence-corrected chi connectivity index (χ0v) is 12.1. The summed E-state index contributed by atoms with van der Waals surface area (Å²) in [6, 6.07) is 2.04. The van der Waals surface area contributed by atoms with Gasteiger partial charge in [0.05, 0.1) is 24.1 Å². The van der Waals surface area contributed by atoms with Gasteiger partial charge in [-0.25, -0.2) is 0 Å². The summed E-state index contributed by atoms with van der Waals surface area (Å²) in [6.07, 6.45) is 2.86. The summed E-state index contributed by atoms with van der Waals surface area (Å²) in [5.41, 5.74) is 1.27. The van der Waals surface area contributed by atoms with Crippen molar-refractivity contribution in [2.75, 3.05) is 13.2 Å². The molecular weight excluding hydrogens is 243 g/mol. The SMILES string of the molecule is CC1(C)OB(c2cc(C3CCOC3)co2)OC1(C)C. The molecule has 0 spiro atoms. The average molecular weight is 264 g/mol. The maximum atomic E-state index is 5.98. The smallest absolute Gasteiger partial charge is 0.473 e. The molecule has 1 unspecified atom stereocenters. The number of hydrogen-bond donors (Lipinski definition) is 0. The lowest BCUT2D eigenvalue weighted by atomic mass is 9.85. The molecule has 0 saturated carbocycles. The molecule has 1 aromatic heterocycles. The Hall–Kier alpha value is -0.775. The third kappa shape index (κ3) is 2.24. The molecule has 104 valence electrons. The summed E-state index contributed by atoms with van der Waals surface area (Å²) in [4.78, 5) is 0. The van der Waals surface area contributed by atoms with E-state index in [1.807, 2.05) is 33.8 Å². The fourth-order valence-electron chi connectivity index (χ4n) is 2.46. The van der Waals surface area contributed by atoms with E-state index in [0.29, 0.717) is 5.92 Å². The van der Waals surface area contributed by atoms with Crippen LogP contribution in [0.1, 0.15) is 45.6 Å². The van der Waals surface area contributed by atoms with Crippen LogP contribution in [-0.4, -0.2) is 31.5 Å². The predicted octanol–water partition coefficient (Wildman–Crippen LogP) is 2.08. The van der Waals surface area contributed by atoms with Crippen molar-refractivity contribution < 1.29 is 18.5 Å². The Morgan fingerprint density at radius 2 is 1.84 bits per heavy atom. The Labute approximate surface area is 114 Å². The second-order valence-electron chi connectivity index (χ2n) is 6.43. The van der Waals surface area contributed by atoms with Crippen LogP contribution < -0.4 is 5.66 Å². The van der Waals surface area contributed by atoms with Crippen molar-refractivity contribution in [3.05, 3.63) is 17.9 Å². The second-order valence-corrected chi connectivity index (χ2v) is 6.43. The van der Waals surface area contributed by atoms with Crippen molar-refractivity contribution in [3.8, 4) is 0 Å². The molecule has 2 saturated heterocycles. The molecule has 2 aliphatic rings. The molecule has 0 aliphatic carbocycles. The molecule has 5 heteroatoms. The van der Waals surface area contributed by atoms with Crippen LogP contribution >= 0.6 is 0 Å². The fraction of sp³-hybridized carbons (Fsp3) is 0.714. The van der Waals surface area contributed by atoms with Gasteiger partial charge in [-0.2, -0.15) is 0 Å². The highest BCUT2D eigenvalue weighted by Crippen LogP contribution is 2.36. The highest BCUT2D eigenvalue weighted by Gasteiger charge is 2.53. The van der Waals surface area contributed by atoms with E-state index in [9.17, 15) is 0 Å². The van der Waals surface area contributed by atoms with E-state index in [0.717, 1.165) is 25.3 Å². The lowest BCUT2D eigenvalue weighted by molar-refractivity contribution is 0.00578. The van der Waals surface area contributed by atoms with Crippen LogP contribution in [0.25, 0.3) is 0 Å². The van der Waals surface area contributed by atoms with E-state index in [1.54, 1.807) is 6.26 Å². The van der Waals surface area contributed by atoms with E-state index in [1.165, 1.54) is 5.56 Å². The van der Waals surface area contributed by atoms with Gasteiger partial charge in [0.15, 0.2) is 0 Å². The number of ether oxygens (including phenoxy) is 1. The summed E-state index contributed by atoms with van der Waals surface area (Å²) in [7, 11) is -0.416. The molecule has 1 aromatic rings. The maximum absolute atomic E-state index is 5.98. The van der Waals surface area contributed by atoms with Crippen molar-refractivity contribution in [2.45, 2.75) is 51.2 Å². The summed E-state index contributed by atoms with van der Waals surface area (Å²) in [6.45, 7) is 9.79. The number of furan rings is 1. The monoisotopic (exact) mass is 264 g/mol. The van der Waals surface area contributed by atoms with E-state index in [4.69, 9.17) is 18.5 Å². The zero-order chi connectivity index (χ0) is 13.7. The summed E-state index contributed by atoms with van der Waals surface area (Å²) in [5, 5.41) is 0. The third-order valence-electron chi connectivity index (χ3n) is 4.53. The van der Waals surface area contributed by atoms with Gasteiger partial charge in [0.25, 0.3) is 0 Å². The number of hydrogen-bond acceptors (Lipinski definition) is 4. The molecule has 2 aliphatic heterocycles. The van der Waals surface area contributed by atoms with Crippen molar-refractivity contribution in [3.63, 3.8) is 0 Å². The third-order valence-corrected chi connectivity index (χ3v) is 4.53. The van der Waals surface area contributed by atoms with Crippen LogP contribution in [0.3, 0.4) is 0 Å². The standard InChI is InChI=1S/C14H21BO4/c1-13(2)14(3,4)19-15(18-13)12-7-11(9-17-12)10-5-6-16-8-10/h7,9-10H,5-6,8H2,1-4H3. The van der Waals surface area contributed by atoms with E-state index >= 15 is 0 Å². The van der Waals surface area contributed by atoms with Crippen LogP contribution in [-0.2, 0) is 14.0 Å². The van der Waals surface area contributed by atoms with Crippen LogP contribution in [0.4, 0.5) is 0 Å².